The number of halogens is 1. The standard InChI is InChI=1S/C8H14N4.ClH/c9-4-8-6-12(11-10-8)5-7-2-1-3-7;/h6-7H,1-5,9H2;1H. The first kappa shape index (κ1) is 10.5. The summed E-state index contributed by atoms with van der Waals surface area (Å²) in [6.07, 6.45) is 6.01. The fraction of sp³-hybridized carbons (Fsp3) is 0.750. The van der Waals surface area contributed by atoms with Crippen molar-refractivity contribution in [3.63, 3.8) is 0 Å². The van der Waals surface area contributed by atoms with Crippen molar-refractivity contribution in [2.24, 2.45) is 11.7 Å². The zero-order chi connectivity index (χ0) is 8.39. The molecule has 0 spiro atoms. The first-order valence-corrected chi connectivity index (χ1v) is 4.47. The van der Waals surface area contributed by atoms with Crippen LogP contribution in [-0.2, 0) is 13.1 Å². The lowest BCUT2D eigenvalue weighted by Gasteiger charge is -2.24. The van der Waals surface area contributed by atoms with Crippen molar-refractivity contribution >= 4 is 12.4 Å². The highest BCUT2D eigenvalue weighted by Gasteiger charge is 2.18. The largest absolute Gasteiger partial charge is 0.325 e. The van der Waals surface area contributed by atoms with Crippen LogP contribution in [0.25, 0.3) is 0 Å². The second kappa shape index (κ2) is 4.58. The number of aromatic nitrogens is 3. The van der Waals surface area contributed by atoms with Gasteiger partial charge in [-0.05, 0) is 18.8 Å². The van der Waals surface area contributed by atoms with Crippen molar-refractivity contribution in [3.05, 3.63) is 11.9 Å². The minimum Gasteiger partial charge on any atom is -0.325 e. The summed E-state index contributed by atoms with van der Waals surface area (Å²) in [7, 11) is 0. The molecule has 1 aliphatic carbocycles. The number of hydrogen-bond acceptors (Lipinski definition) is 3. The van der Waals surface area contributed by atoms with Gasteiger partial charge in [-0.2, -0.15) is 0 Å². The number of hydrogen-bond donors (Lipinski definition) is 1. The summed E-state index contributed by atoms with van der Waals surface area (Å²) in [5.74, 6) is 0.831. The Kier molecular flexibility index (Phi) is 3.69. The molecule has 0 amide bonds. The van der Waals surface area contributed by atoms with Crippen molar-refractivity contribution in [3.8, 4) is 0 Å². The SMILES string of the molecule is Cl.NCc1cn(CC2CCC2)nn1. The van der Waals surface area contributed by atoms with E-state index in [4.69, 9.17) is 5.73 Å². The predicted molar refractivity (Wildman–Crippen MR) is 52.5 cm³/mol. The van der Waals surface area contributed by atoms with Crippen LogP contribution in [-0.4, -0.2) is 15.0 Å². The number of rotatable bonds is 3. The summed E-state index contributed by atoms with van der Waals surface area (Å²) in [6.45, 7) is 1.51. The van der Waals surface area contributed by atoms with Gasteiger partial charge in [-0.25, -0.2) is 0 Å². The third-order valence-electron chi connectivity index (χ3n) is 2.47. The fourth-order valence-electron chi connectivity index (χ4n) is 1.46. The average Bonchev–Trinajstić information content (AvgIpc) is 2.44. The molecule has 1 heterocycles. The Balaban J connectivity index is 0.000000845. The smallest absolute Gasteiger partial charge is 0.0962 e. The van der Waals surface area contributed by atoms with Gasteiger partial charge < -0.3 is 5.73 Å². The second-order valence-corrected chi connectivity index (χ2v) is 3.43. The summed E-state index contributed by atoms with van der Waals surface area (Å²) in [5, 5.41) is 7.93. The van der Waals surface area contributed by atoms with Gasteiger partial charge in [0.15, 0.2) is 0 Å². The Morgan fingerprint density at radius 3 is 2.77 bits per heavy atom. The third-order valence-corrected chi connectivity index (χ3v) is 2.47. The maximum atomic E-state index is 5.42. The quantitative estimate of drug-likeness (QED) is 0.795. The molecule has 5 heteroatoms. The van der Waals surface area contributed by atoms with Crippen LogP contribution in [0.1, 0.15) is 25.0 Å². The molecule has 1 fully saturated rings. The average molecular weight is 203 g/mol. The molecule has 2 N–H and O–H groups in total. The highest BCUT2D eigenvalue weighted by atomic mass is 35.5. The van der Waals surface area contributed by atoms with Crippen LogP contribution in [0.4, 0.5) is 0 Å². The van der Waals surface area contributed by atoms with Gasteiger partial charge in [0, 0.05) is 19.3 Å². The van der Waals surface area contributed by atoms with E-state index in [1.807, 2.05) is 10.9 Å². The molecule has 74 valence electrons. The van der Waals surface area contributed by atoms with Crippen molar-refractivity contribution in [1.29, 1.82) is 0 Å². The van der Waals surface area contributed by atoms with Gasteiger partial charge in [-0.1, -0.05) is 11.6 Å². The minimum absolute atomic E-state index is 0. The Labute approximate surface area is 83.9 Å². The van der Waals surface area contributed by atoms with Crippen LogP contribution in [0.2, 0.25) is 0 Å². The molecule has 13 heavy (non-hydrogen) atoms. The Morgan fingerprint density at radius 1 is 1.54 bits per heavy atom. The summed E-state index contributed by atoms with van der Waals surface area (Å²) < 4.78 is 1.91. The van der Waals surface area contributed by atoms with Gasteiger partial charge in [0.1, 0.15) is 0 Å². The van der Waals surface area contributed by atoms with Crippen LogP contribution in [0, 0.1) is 5.92 Å². The van der Waals surface area contributed by atoms with E-state index in [9.17, 15) is 0 Å². The van der Waals surface area contributed by atoms with Gasteiger partial charge in [-0.15, -0.1) is 17.5 Å². The molecule has 0 aromatic carbocycles. The molecule has 0 atom stereocenters. The van der Waals surface area contributed by atoms with Crippen LogP contribution >= 0.6 is 12.4 Å². The van der Waals surface area contributed by atoms with Gasteiger partial charge in [0.2, 0.25) is 0 Å². The molecule has 1 aliphatic rings. The zero-order valence-electron chi connectivity index (χ0n) is 7.52. The van der Waals surface area contributed by atoms with Gasteiger partial charge in [-0.3, -0.25) is 4.68 Å². The molecule has 1 saturated carbocycles. The lowest BCUT2D eigenvalue weighted by atomic mass is 9.85. The van der Waals surface area contributed by atoms with E-state index in [2.05, 4.69) is 10.3 Å². The van der Waals surface area contributed by atoms with E-state index in [1.54, 1.807) is 0 Å². The monoisotopic (exact) mass is 202 g/mol. The number of nitrogens with two attached hydrogens (primary N) is 1. The van der Waals surface area contributed by atoms with E-state index in [0.717, 1.165) is 18.2 Å². The highest BCUT2D eigenvalue weighted by Crippen LogP contribution is 2.27. The zero-order valence-corrected chi connectivity index (χ0v) is 8.33. The van der Waals surface area contributed by atoms with Crippen LogP contribution in [0.3, 0.4) is 0 Å². The first-order valence-electron chi connectivity index (χ1n) is 4.47. The topological polar surface area (TPSA) is 56.7 Å². The number of nitrogens with zero attached hydrogens (tertiary/aromatic N) is 3. The molecule has 0 aliphatic heterocycles. The normalized spacial score (nSPS) is 16.4. The Bertz CT molecular complexity index is 256. The lowest BCUT2D eigenvalue weighted by Crippen LogP contribution is -2.18. The molecule has 1 aromatic heterocycles. The second-order valence-electron chi connectivity index (χ2n) is 3.43. The summed E-state index contributed by atoms with van der Waals surface area (Å²) in [5.41, 5.74) is 6.31. The Morgan fingerprint density at radius 2 is 2.31 bits per heavy atom. The minimum atomic E-state index is 0. The molecule has 0 bridgehead atoms. The van der Waals surface area contributed by atoms with E-state index in [1.165, 1.54) is 19.3 Å². The van der Waals surface area contributed by atoms with Gasteiger partial charge >= 0.3 is 0 Å². The maximum Gasteiger partial charge on any atom is 0.0962 e. The van der Waals surface area contributed by atoms with Crippen LogP contribution < -0.4 is 5.73 Å². The van der Waals surface area contributed by atoms with Crippen molar-refractivity contribution in [2.75, 3.05) is 0 Å². The Hall–Kier alpha value is -0.610. The highest BCUT2D eigenvalue weighted by molar-refractivity contribution is 5.85. The molecule has 0 radical (unpaired) electrons. The van der Waals surface area contributed by atoms with E-state index in [-0.39, 0.29) is 12.4 Å². The maximum absolute atomic E-state index is 5.42. The van der Waals surface area contributed by atoms with Crippen molar-refractivity contribution in [1.82, 2.24) is 15.0 Å². The molecular formula is C8H15ClN4. The van der Waals surface area contributed by atoms with E-state index < -0.39 is 0 Å². The van der Waals surface area contributed by atoms with Gasteiger partial charge in [0.05, 0.1) is 5.69 Å². The predicted octanol–water partition coefficient (Wildman–Crippen LogP) is 0.959. The van der Waals surface area contributed by atoms with Crippen LogP contribution in [0.15, 0.2) is 6.20 Å². The molecule has 0 saturated heterocycles. The van der Waals surface area contributed by atoms with E-state index in [0.29, 0.717) is 6.54 Å². The fourth-order valence-corrected chi connectivity index (χ4v) is 1.46. The molecule has 1 aromatic rings. The first-order chi connectivity index (χ1) is 5.88. The summed E-state index contributed by atoms with van der Waals surface area (Å²) in [4.78, 5) is 0. The van der Waals surface area contributed by atoms with Gasteiger partial charge in [0.25, 0.3) is 0 Å². The van der Waals surface area contributed by atoms with Crippen molar-refractivity contribution in [2.45, 2.75) is 32.4 Å². The van der Waals surface area contributed by atoms with Crippen LogP contribution in [0.5, 0.6) is 0 Å². The summed E-state index contributed by atoms with van der Waals surface area (Å²) in [6, 6.07) is 0. The molecule has 2 rings (SSSR count). The lowest BCUT2D eigenvalue weighted by molar-refractivity contribution is 0.264. The molecule has 4 nitrogen and oxygen atoms in total. The van der Waals surface area contributed by atoms with Crippen molar-refractivity contribution < 1.29 is 0 Å². The molecular weight excluding hydrogens is 188 g/mol. The summed E-state index contributed by atoms with van der Waals surface area (Å²) >= 11 is 0. The third kappa shape index (κ3) is 2.42. The molecule has 0 unspecified atom stereocenters. The van der Waals surface area contributed by atoms with E-state index >= 15 is 0 Å².